The number of likely N-dealkylation sites (N-methyl/N-ethyl adjacent to an activating group) is 1. The molecule has 2 rings (SSSR count). The van der Waals surface area contributed by atoms with Crippen molar-refractivity contribution in [2.45, 2.75) is 52.1 Å². The fraction of sp³-hybridized carbons (Fsp3) is 0.733. The average molecular weight is 266 g/mol. The van der Waals surface area contributed by atoms with Gasteiger partial charge in [0.15, 0.2) is 0 Å². The molecule has 3 heteroatoms. The average Bonchev–Trinajstić information content (AvgIpc) is 2.75. The van der Waals surface area contributed by atoms with Gasteiger partial charge < -0.3 is 5.32 Å². The Labute approximate surface area is 115 Å². The van der Waals surface area contributed by atoms with E-state index in [1.54, 1.807) is 0 Å². The highest BCUT2D eigenvalue weighted by molar-refractivity contribution is 7.11. The molecule has 0 amide bonds. The van der Waals surface area contributed by atoms with Gasteiger partial charge in [0.1, 0.15) is 0 Å². The second kappa shape index (κ2) is 6.69. The van der Waals surface area contributed by atoms with Crippen LogP contribution in [0.2, 0.25) is 0 Å². The lowest BCUT2D eigenvalue weighted by atomic mass is 10.0. The highest BCUT2D eigenvalue weighted by Gasteiger charge is 2.23. The molecular weight excluding hydrogens is 240 g/mol. The van der Waals surface area contributed by atoms with Gasteiger partial charge in [-0.05, 0) is 58.3 Å². The van der Waals surface area contributed by atoms with Gasteiger partial charge in [0, 0.05) is 28.4 Å². The summed E-state index contributed by atoms with van der Waals surface area (Å²) >= 11 is 1.95. The van der Waals surface area contributed by atoms with E-state index in [-0.39, 0.29) is 0 Å². The Bertz CT molecular complexity index is 359. The smallest absolute Gasteiger partial charge is 0.0195 e. The molecule has 0 aliphatic carbocycles. The van der Waals surface area contributed by atoms with Crippen LogP contribution in [0.25, 0.3) is 0 Å². The predicted octanol–water partition coefficient (Wildman–Crippen LogP) is 3.06. The van der Waals surface area contributed by atoms with Gasteiger partial charge in [-0.1, -0.05) is 6.92 Å². The molecule has 1 aromatic rings. The van der Waals surface area contributed by atoms with Crippen LogP contribution in [-0.4, -0.2) is 36.6 Å². The number of hydrogen-bond donors (Lipinski definition) is 1. The molecule has 1 aliphatic heterocycles. The molecule has 1 saturated heterocycles. The van der Waals surface area contributed by atoms with E-state index >= 15 is 0 Å². The summed E-state index contributed by atoms with van der Waals surface area (Å²) in [4.78, 5) is 5.62. The van der Waals surface area contributed by atoms with E-state index in [0.29, 0.717) is 12.1 Å². The summed E-state index contributed by atoms with van der Waals surface area (Å²) in [6.07, 6.45) is 3.89. The Balaban J connectivity index is 1.86. The molecule has 0 spiro atoms. The minimum absolute atomic E-state index is 0.671. The van der Waals surface area contributed by atoms with Crippen molar-refractivity contribution in [3.05, 3.63) is 21.9 Å². The van der Waals surface area contributed by atoms with Gasteiger partial charge >= 0.3 is 0 Å². The Kier molecular flexibility index (Phi) is 5.22. The third-order valence-corrected chi connectivity index (χ3v) is 4.88. The lowest BCUT2D eigenvalue weighted by molar-refractivity contribution is 0.146. The first-order valence-electron chi connectivity index (χ1n) is 7.21. The van der Waals surface area contributed by atoms with E-state index < -0.39 is 0 Å². The zero-order valence-electron chi connectivity index (χ0n) is 11.9. The second-order valence-electron chi connectivity index (χ2n) is 5.46. The fourth-order valence-electron chi connectivity index (χ4n) is 2.88. The number of aryl methyl sites for hydroxylation is 1. The Hall–Kier alpha value is -0.380. The maximum absolute atomic E-state index is 3.60. The first-order chi connectivity index (χ1) is 8.69. The second-order valence-corrected chi connectivity index (χ2v) is 6.83. The van der Waals surface area contributed by atoms with Crippen molar-refractivity contribution in [1.29, 1.82) is 0 Å². The fourth-order valence-corrected chi connectivity index (χ4v) is 3.89. The van der Waals surface area contributed by atoms with Crippen LogP contribution >= 0.6 is 11.3 Å². The lowest BCUT2D eigenvalue weighted by Crippen LogP contribution is -2.49. The van der Waals surface area contributed by atoms with Gasteiger partial charge in [0.2, 0.25) is 0 Å². The van der Waals surface area contributed by atoms with Crippen molar-refractivity contribution < 1.29 is 0 Å². The lowest BCUT2D eigenvalue weighted by Gasteiger charge is -2.37. The van der Waals surface area contributed by atoms with E-state index in [1.807, 2.05) is 11.3 Å². The Morgan fingerprint density at radius 3 is 3.00 bits per heavy atom. The summed E-state index contributed by atoms with van der Waals surface area (Å²) in [5.74, 6) is 0. The van der Waals surface area contributed by atoms with E-state index in [4.69, 9.17) is 0 Å². The molecule has 1 fully saturated rings. The SMILES string of the molecule is CCNC1CCCN(C(C)Cc2ccc(C)s2)C1. The first kappa shape index (κ1) is 14.0. The molecule has 0 saturated carbocycles. The number of piperidine rings is 1. The number of likely N-dealkylation sites (tertiary alicyclic amines) is 1. The number of rotatable bonds is 5. The molecule has 2 atom stereocenters. The largest absolute Gasteiger partial charge is 0.313 e. The minimum Gasteiger partial charge on any atom is -0.313 e. The summed E-state index contributed by atoms with van der Waals surface area (Å²) in [5, 5.41) is 3.60. The normalized spacial score (nSPS) is 23.2. The minimum atomic E-state index is 0.671. The van der Waals surface area contributed by atoms with Crippen LogP contribution in [0.3, 0.4) is 0 Å². The molecule has 1 N–H and O–H groups in total. The van der Waals surface area contributed by atoms with Gasteiger partial charge in [0.05, 0.1) is 0 Å². The zero-order valence-corrected chi connectivity index (χ0v) is 12.7. The summed E-state index contributed by atoms with van der Waals surface area (Å²) in [6.45, 7) is 10.4. The number of nitrogens with one attached hydrogen (secondary N) is 1. The van der Waals surface area contributed by atoms with Crippen molar-refractivity contribution in [2.75, 3.05) is 19.6 Å². The molecule has 18 heavy (non-hydrogen) atoms. The van der Waals surface area contributed by atoms with Gasteiger partial charge in [-0.3, -0.25) is 4.90 Å². The summed E-state index contributed by atoms with van der Waals surface area (Å²) in [7, 11) is 0. The van der Waals surface area contributed by atoms with E-state index in [1.165, 1.54) is 42.1 Å². The van der Waals surface area contributed by atoms with Crippen molar-refractivity contribution in [1.82, 2.24) is 10.2 Å². The molecule has 1 aromatic heterocycles. The van der Waals surface area contributed by atoms with Crippen molar-refractivity contribution >= 4 is 11.3 Å². The monoisotopic (exact) mass is 266 g/mol. The van der Waals surface area contributed by atoms with Crippen LogP contribution < -0.4 is 5.32 Å². The molecule has 0 radical (unpaired) electrons. The third-order valence-electron chi connectivity index (χ3n) is 3.86. The van der Waals surface area contributed by atoms with Crippen molar-refractivity contribution in [3.8, 4) is 0 Å². The molecule has 2 unspecified atom stereocenters. The van der Waals surface area contributed by atoms with Crippen LogP contribution in [-0.2, 0) is 6.42 Å². The van der Waals surface area contributed by atoms with E-state index in [9.17, 15) is 0 Å². The molecule has 0 aromatic carbocycles. The molecule has 1 aliphatic rings. The molecule has 2 heterocycles. The maximum Gasteiger partial charge on any atom is 0.0195 e. The third kappa shape index (κ3) is 3.81. The van der Waals surface area contributed by atoms with Gasteiger partial charge in [-0.25, -0.2) is 0 Å². The van der Waals surface area contributed by atoms with Crippen LogP contribution in [0.5, 0.6) is 0 Å². The first-order valence-corrected chi connectivity index (χ1v) is 8.03. The highest BCUT2D eigenvalue weighted by atomic mass is 32.1. The van der Waals surface area contributed by atoms with Crippen LogP contribution in [0.1, 0.15) is 36.4 Å². The Morgan fingerprint density at radius 2 is 2.33 bits per heavy atom. The van der Waals surface area contributed by atoms with Crippen LogP contribution in [0.4, 0.5) is 0 Å². The van der Waals surface area contributed by atoms with Crippen molar-refractivity contribution in [2.24, 2.45) is 0 Å². The van der Waals surface area contributed by atoms with Gasteiger partial charge in [-0.2, -0.15) is 0 Å². The van der Waals surface area contributed by atoms with Crippen LogP contribution in [0.15, 0.2) is 12.1 Å². The standard InChI is InChI=1S/C15H26N2S/c1-4-16-14-6-5-9-17(11-14)12(2)10-15-8-7-13(3)18-15/h7-8,12,14,16H,4-6,9-11H2,1-3H3. The number of hydrogen-bond acceptors (Lipinski definition) is 3. The molecule has 2 nitrogen and oxygen atoms in total. The molecule has 102 valence electrons. The highest BCUT2D eigenvalue weighted by Crippen LogP contribution is 2.20. The maximum atomic E-state index is 3.60. The predicted molar refractivity (Wildman–Crippen MR) is 80.5 cm³/mol. The summed E-state index contributed by atoms with van der Waals surface area (Å²) < 4.78 is 0. The zero-order chi connectivity index (χ0) is 13.0. The quantitative estimate of drug-likeness (QED) is 0.881. The van der Waals surface area contributed by atoms with E-state index in [2.05, 4.69) is 43.1 Å². The molecule has 0 bridgehead atoms. The summed E-state index contributed by atoms with van der Waals surface area (Å²) in [5.41, 5.74) is 0. The number of nitrogens with zero attached hydrogens (tertiary/aromatic N) is 1. The van der Waals surface area contributed by atoms with Crippen molar-refractivity contribution in [3.63, 3.8) is 0 Å². The Morgan fingerprint density at radius 1 is 1.50 bits per heavy atom. The molecular formula is C15H26N2S. The van der Waals surface area contributed by atoms with Crippen LogP contribution in [0, 0.1) is 6.92 Å². The van der Waals surface area contributed by atoms with E-state index in [0.717, 1.165) is 6.54 Å². The topological polar surface area (TPSA) is 15.3 Å². The van der Waals surface area contributed by atoms with Gasteiger partial charge in [-0.15, -0.1) is 11.3 Å². The summed E-state index contributed by atoms with van der Waals surface area (Å²) in [6, 6.07) is 5.91. The number of thiophene rings is 1. The van der Waals surface area contributed by atoms with Gasteiger partial charge in [0.25, 0.3) is 0 Å².